The van der Waals surface area contributed by atoms with Crippen molar-refractivity contribution >= 4 is 11.8 Å². The van der Waals surface area contributed by atoms with Crippen LogP contribution in [0, 0.1) is 6.92 Å². The lowest BCUT2D eigenvalue weighted by molar-refractivity contribution is 0.444. The summed E-state index contributed by atoms with van der Waals surface area (Å²) < 4.78 is 0. The fourth-order valence-electron chi connectivity index (χ4n) is 1.65. The molecule has 94 valence electrons. The largest absolute Gasteiger partial charge is 0.493 e. The molecule has 0 aliphatic heterocycles. The van der Waals surface area contributed by atoms with Crippen molar-refractivity contribution in [3.63, 3.8) is 0 Å². The molecule has 0 atom stereocenters. The number of aromatic nitrogens is 3. The van der Waals surface area contributed by atoms with E-state index in [9.17, 15) is 5.11 Å². The molecule has 0 unspecified atom stereocenters. The number of hydrogen-bond donors (Lipinski definition) is 1. The van der Waals surface area contributed by atoms with Crippen LogP contribution in [0.2, 0.25) is 0 Å². The second-order valence-electron chi connectivity index (χ2n) is 3.94. The van der Waals surface area contributed by atoms with E-state index in [1.807, 2.05) is 19.2 Å². The van der Waals surface area contributed by atoms with Gasteiger partial charge in [0.25, 0.3) is 0 Å². The van der Waals surface area contributed by atoms with Gasteiger partial charge in [0.05, 0.1) is 0 Å². The predicted molar refractivity (Wildman–Crippen MR) is 71.6 cm³/mol. The molecule has 0 fully saturated rings. The minimum absolute atomic E-state index is 0.0236. The van der Waals surface area contributed by atoms with Crippen LogP contribution in [0.4, 0.5) is 0 Å². The molecule has 4 nitrogen and oxygen atoms in total. The van der Waals surface area contributed by atoms with Gasteiger partial charge in [-0.3, -0.25) is 4.98 Å². The first-order chi connectivity index (χ1) is 8.69. The topological polar surface area (TPSA) is 58.9 Å². The molecule has 0 saturated carbocycles. The summed E-state index contributed by atoms with van der Waals surface area (Å²) in [6.07, 6.45) is 4.65. The zero-order chi connectivity index (χ0) is 13.0. The van der Waals surface area contributed by atoms with E-state index < -0.39 is 0 Å². The lowest BCUT2D eigenvalue weighted by atomic mass is 10.1. The molecular formula is C13H15N3OS. The maximum absolute atomic E-state index is 9.42. The number of aromatic hydroxyl groups is 1. The molecule has 0 amide bonds. The third kappa shape index (κ3) is 3.20. The number of hydrogen-bond acceptors (Lipinski definition) is 5. The summed E-state index contributed by atoms with van der Waals surface area (Å²) in [5.41, 5.74) is 3.25. The highest BCUT2D eigenvalue weighted by Gasteiger charge is 2.05. The van der Waals surface area contributed by atoms with Crippen molar-refractivity contribution < 1.29 is 5.11 Å². The van der Waals surface area contributed by atoms with Crippen LogP contribution in [0.3, 0.4) is 0 Å². The molecule has 0 aliphatic rings. The van der Waals surface area contributed by atoms with E-state index in [1.54, 1.807) is 12.3 Å². The third-order valence-electron chi connectivity index (χ3n) is 2.56. The Labute approximate surface area is 111 Å². The van der Waals surface area contributed by atoms with Crippen molar-refractivity contribution in [2.24, 2.45) is 0 Å². The van der Waals surface area contributed by atoms with E-state index in [0.29, 0.717) is 5.16 Å². The predicted octanol–water partition coefficient (Wildman–Crippen LogP) is 2.74. The third-order valence-corrected chi connectivity index (χ3v) is 3.46. The van der Waals surface area contributed by atoms with Crippen molar-refractivity contribution in [3.05, 3.63) is 41.3 Å². The molecule has 18 heavy (non-hydrogen) atoms. The van der Waals surface area contributed by atoms with E-state index >= 15 is 0 Å². The number of aryl methyl sites for hydroxylation is 2. The first-order valence-electron chi connectivity index (χ1n) is 5.78. The zero-order valence-electron chi connectivity index (χ0n) is 10.4. The van der Waals surface area contributed by atoms with Crippen LogP contribution >= 0.6 is 11.8 Å². The normalized spacial score (nSPS) is 10.6. The molecule has 5 heteroatoms. The van der Waals surface area contributed by atoms with E-state index in [0.717, 1.165) is 17.9 Å². The summed E-state index contributed by atoms with van der Waals surface area (Å²) in [7, 11) is 0. The molecule has 0 radical (unpaired) electrons. The van der Waals surface area contributed by atoms with Crippen LogP contribution in [0.15, 0.2) is 29.7 Å². The van der Waals surface area contributed by atoms with Gasteiger partial charge in [-0.25, -0.2) is 4.98 Å². The van der Waals surface area contributed by atoms with Crippen LogP contribution in [0.5, 0.6) is 5.88 Å². The standard InChI is InChI=1S/C13H15N3OS/c1-3-10-7-14-5-4-11(10)8-18-13-15-9(2)6-12(17)16-13/h4-7H,3,8H2,1-2H3,(H,15,16,17). The highest BCUT2D eigenvalue weighted by Crippen LogP contribution is 2.23. The van der Waals surface area contributed by atoms with Crippen LogP contribution in [0.1, 0.15) is 23.7 Å². The Bertz CT molecular complexity index is 525. The molecule has 0 aromatic carbocycles. The summed E-state index contributed by atoms with van der Waals surface area (Å²) in [5.74, 6) is 0.810. The molecule has 0 spiro atoms. The quantitative estimate of drug-likeness (QED) is 0.677. The lowest BCUT2D eigenvalue weighted by Gasteiger charge is -2.06. The Hall–Kier alpha value is -1.62. The van der Waals surface area contributed by atoms with Gasteiger partial charge in [-0.2, -0.15) is 4.98 Å². The van der Waals surface area contributed by atoms with Crippen LogP contribution in [-0.2, 0) is 12.2 Å². The maximum Gasteiger partial charge on any atom is 0.215 e. The van der Waals surface area contributed by atoms with E-state index in [2.05, 4.69) is 21.9 Å². The van der Waals surface area contributed by atoms with Crippen LogP contribution in [0.25, 0.3) is 0 Å². The van der Waals surface area contributed by atoms with Gasteiger partial charge in [0, 0.05) is 29.9 Å². The maximum atomic E-state index is 9.42. The summed E-state index contributed by atoms with van der Waals surface area (Å²) in [5, 5.41) is 10.0. The van der Waals surface area contributed by atoms with Crippen molar-refractivity contribution in [2.75, 3.05) is 0 Å². The van der Waals surface area contributed by atoms with Crippen molar-refractivity contribution in [1.82, 2.24) is 15.0 Å². The fraction of sp³-hybridized carbons (Fsp3) is 0.308. The molecule has 2 rings (SSSR count). The summed E-state index contributed by atoms with van der Waals surface area (Å²) in [4.78, 5) is 12.4. The number of pyridine rings is 1. The number of thioether (sulfide) groups is 1. The smallest absolute Gasteiger partial charge is 0.215 e. The summed E-state index contributed by atoms with van der Waals surface area (Å²) in [6, 6.07) is 3.56. The van der Waals surface area contributed by atoms with E-state index in [1.165, 1.54) is 22.9 Å². The number of rotatable bonds is 4. The van der Waals surface area contributed by atoms with Gasteiger partial charge in [0.1, 0.15) is 0 Å². The molecule has 2 heterocycles. The Balaban J connectivity index is 2.11. The minimum atomic E-state index is 0.0236. The molecule has 0 saturated heterocycles. The molecule has 1 N–H and O–H groups in total. The van der Waals surface area contributed by atoms with Crippen molar-refractivity contribution in [2.45, 2.75) is 31.2 Å². The van der Waals surface area contributed by atoms with Crippen LogP contribution < -0.4 is 0 Å². The molecule has 0 bridgehead atoms. The summed E-state index contributed by atoms with van der Waals surface area (Å²) >= 11 is 1.52. The van der Waals surface area contributed by atoms with Gasteiger partial charge < -0.3 is 5.11 Å². The van der Waals surface area contributed by atoms with E-state index in [4.69, 9.17) is 0 Å². The first-order valence-corrected chi connectivity index (χ1v) is 6.77. The average Bonchev–Trinajstić information content (AvgIpc) is 2.35. The fourth-order valence-corrected chi connectivity index (χ4v) is 2.58. The van der Waals surface area contributed by atoms with Gasteiger partial charge in [-0.15, -0.1) is 0 Å². The molecule has 2 aromatic rings. The second-order valence-corrected chi connectivity index (χ2v) is 4.88. The van der Waals surface area contributed by atoms with Gasteiger partial charge in [-0.1, -0.05) is 18.7 Å². The van der Waals surface area contributed by atoms with Gasteiger partial charge in [0.15, 0.2) is 5.16 Å². The Morgan fingerprint density at radius 1 is 1.28 bits per heavy atom. The van der Waals surface area contributed by atoms with Crippen molar-refractivity contribution in [3.8, 4) is 5.88 Å². The number of nitrogens with zero attached hydrogens (tertiary/aromatic N) is 3. The summed E-state index contributed by atoms with van der Waals surface area (Å²) in [6.45, 7) is 3.95. The molecule has 2 aromatic heterocycles. The lowest BCUT2D eigenvalue weighted by Crippen LogP contribution is -1.94. The van der Waals surface area contributed by atoms with Gasteiger partial charge >= 0.3 is 0 Å². The van der Waals surface area contributed by atoms with Crippen LogP contribution in [-0.4, -0.2) is 20.1 Å². The molecule has 0 aliphatic carbocycles. The second kappa shape index (κ2) is 5.82. The molecular weight excluding hydrogens is 246 g/mol. The van der Waals surface area contributed by atoms with E-state index in [-0.39, 0.29) is 5.88 Å². The highest BCUT2D eigenvalue weighted by molar-refractivity contribution is 7.98. The SMILES string of the molecule is CCc1cnccc1CSc1nc(C)cc(O)n1. The Morgan fingerprint density at radius 2 is 2.11 bits per heavy atom. The minimum Gasteiger partial charge on any atom is -0.493 e. The Kier molecular flexibility index (Phi) is 4.15. The van der Waals surface area contributed by atoms with Crippen molar-refractivity contribution in [1.29, 1.82) is 0 Å². The van der Waals surface area contributed by atoms with Gasteiger partial charge in [0.2, 0.25) is 5.88 Å². The average molecular weight is 261 g/mol. The Morgan fingerprint density at radius 3 is 2.83 bits per heavy atom. The highest BCUT2D eigenvalue weighted by atomic mass is 32.2. The zero-order valence-corrected chi connectivity index (χ0v) is 11.2. The first kappa shape index (κ1) is 12.8. The van der Waals surface area contributed by atoms with Gasteiger partial charge in [-0.05, 0) is 30.5 Å². The monoisotopic (exact) mass is 261 g/mol.